The minimum Gasteiger partial charge on any atom is -0.388 e. The first-order chi connectivity index (χ1) is 14.3. The number of aliphatic hydroxyl groups is 2. The van der Waals surface area contributed by atoms with Gasteiger partial charge in [0.2, 0.25) is 11.8 Å². The number of rotatable bonds is 6. The van der Waals surface area contributed by atoms with Crippen LogP contribution in [0.15, 0.2) is 0 Å². The molecule has 3 atom stereocenters. The highest BCUT2D eigenvalue weighted by Crippen LogP contribution is 2.12. The Morgan fingerprint density at radius 1 is 1.13 bits per heavy atom. The Balaban J connectivity index is 2.93. The Kier molecular flexibility index (Phi) is 13.1. The molecule has 0 saturated carbocycles. The van der Waals surface area contributed by atoms with Crippen LogP contribution in [-0.2, 0) is 23.8 Å². The van der Waals surface area contributed by atoms with Gasteiger partial charge in [-0.25, -0.2) is 0 Å². The van der Waals surface area contributed by atoms with Gasteiger partial charge in [0.15, 0.2) is 0 Å². The van der Waals surface area contributed by atoms with Gasteiger partial charge in [0.25, 0.3) is 0 Å². The minimum atomic E-state index is -1.19. The summed E-state index contributed by atoms with van der Waals surface area (Å²) in [5, 5.41) is 21.0. The Morgan fingerprint density at radius 2 is 1.83 bits per heavy atom. The summed E-state index contributed by atoms with van der Waals surface area (Å²) in [6.07, 6.45) is -0.801. The molecule has 1 aliphatic heterocycles. The van der Waals surface area contributed by atoms with Crippen LogP contribution in [0.25, 0.3) is 0 Å². The summed E-state index contributed by atoms with van der Waals surface area (Å²) >= 11 is 0. The maximum absolute atomic E-state index is 12.3. The van der Waals surface area contributed by atoms with E-state index in [-0.39, 0.29) is 31.6 Å². The molecular weight excluding hydrogens is 392 g/mol. The number of carbonyl (C=O) groups is 2. The predicted molar refractivity (Wildman–Crippen MR) is 112 cm³/mol. The molecule has 0 bridgehead atoms. The molecule has 0 aromatic rings. The third kappa shape index (κ3) is 10.2. The molecule has 1 saturated heterocycles. The molecule has 0 aromatic carbocycles. The molecule has 1 fully saturated rings. The van der Waals surface area contributed by atoms with Crippen molar-refractivity contribution in [3.63, 3.8) is 0 Å². The van der Waals surface area contributed by atoms with Gasteiger partial charge in [-0.3, -0.25) is 9.59 Å². The molecule has 9 nitrogen and oxygen atoms in total. The first kappa shape index (κ1) is 26.8. The van der Waals surface area contributed by atoms with Crippen LogP contribution in [0.1, 0.15) is 40.0 Å². The van der Waals surface area contributed by atoms with Crippen molar-refractivity contribution in [3.05, 3.63) is 0 Å². The van der Waals surface area contributed by atoms with E-state index in [0.717, 1.165) is 12.8 Å². The van der Waals surface area contributed by atoms with Crippen LogP contribution in [0.5, 0.6) is 0 Å². The smallest absolute Gasteiger partial charge is 0.248 e. The lowest BCUT2D eigenvalue weighted by atomic mass is 10.1. The van der Waals surface area contributed by atoms with E-state index in [2.05, 4.69) is 13.8 Å². The number of ether oxygens (including phenoxy) is 3. The van der Waals surface area contributed by atoms with Crippen LogP contribution in [0, 0.1) is 5.92 Å². The first-order valence-electron chi connectivity index (χ1n) is 10.8. The van der Waals surface area contributed by atoms with Crippen LogP contribution in [0.2, 0.25) is 0 Å². The number of carbonyl (C=O) groups excluding carboxylic acids is 2. The van der Waals surface area contributed by atoms with Gasteiger partial charge in [0, 0.05) is 53.4 Å². The largest absolute Gasteiger partial charge is 0.388 e. The van der Waals surface area contributed by atoms with Crippen molar-refractivity contribution in [2.24, 2.45) is 5.92 Å². The molecule has 2 amide bonds. The van der Waals surface area contributed by atoms with Crippen molar-refractivity contribution in [1.29, 1.82) is 0 Å². The fraction of sp³-hybridized carbons (Fsp3) is 0.905. The Hall–Kier alpha value is -1.26. The van der Waals surface area contributed by atoms with E-state index in [1.54, 1.807) is 9.80 Å². The third-order valence-corrected chi connectivity index (χ3v) is 5.16. The van der Waals surface area contributed by atoms with Gasteiger partial charge in [-0.1, -0.05) is 13.8 Å². The zero-order valence-corrected chi connectivity index (χ0v) is 18.9. The zero-order chi connectivity index (χ0) is 22.5. The van der Waals surface area contributed by atoms with Gasteiger partial charge in [0.05, 0.1) is 6.61 Å². The van der Waals surface area contributed by atoms with Gasteiger partial charge in [-0.2, -0.15) is 0 Å². The number of amides is 2. The standard InChI is InChI=1S/C21H40N2O7/c1-16(2)7-12-30-19-13-23(17(3)24)10-9-22(20(26)15-28-4)8-5-6-11-29-14-18(25)21(19)27/h16,18-19,21,25,27H,5-15H2,1-4H3/t18-,19-,21-/m1/s1. The topological polar surface area (TPSA) is 109 Å². The van der Waals surface area contributed by atoms with E-state index in [9.17, 15) is 19.8 Å². The Bertz CT molecular complexity index is 504. The van der Waals surface area contributed by atoms with Crippen LogP contribution in [0.4, 0.5) is 0 Å². The quantitative estimate of drug-likeness (QED) is 0.620. The molecule has 9 heteroatoms. The van der Waals surface area contributed by atoms with Gasteiger partial charge in [0.1, 0.15) is 24.9 Å². The maximum Gasteiger partial charge on any atom is 0.248 e. The molecule has 0 radical (unpaired) electrons. The van der Waals surface area contributed by atoms with E-state index in [1.165, 1.54) is 14.0 Å². The summed E-state index contributed by atoms with van der Waals surface area (Å²) in [7, 11) is 1.48. The predicted octanol–water partition coefficient (Wildman–Crippen LogP) is 0.273. The Morgan fingerprint density at radius 3 is 2.47 bits per heavy atom. The van der Waals surface area contributed by atoms with E-state index in [4.69, 9.17) is 14.2 Å². The molecule has 0 spiro atoms. The van der Waals surface area contributed by atoms with Crippen molar-refractivity contribution in [2.75, 3.05) is 59.7 Å². The second kappa shape index (κ2) is 14.7. The summed E-state index contributed by atoms with van der Waals surface area (Å²) < 4.78 is 16.3. The second-order valence-corrected chi connectivity index (χ2v) is 8.21. The number of hydrogen-bond donors (Lipinski definition) is 2. The van der Waals surface area contributed by atoms with Gasteiger partial charge < -0.3 is 34.2 Å². The average molecular weight is 433 g/mol. The lowest BCUT2D eigenvalue weighted by Gasteiger charge is -2.33. The van der Waals surface area contributed by atoms with Gasteiger partial charge >= 0.3 is 0 Å². The lowest BCUT2D eigenvalue weighted by Crippen LogP contribution is -2.50. The van der Waals surface area contributed by atoms with Crippen molar-refractivity contribution in [2.45, 2.75) is 58.3 Å². The maximum atomic E-state index is 12.3. The van der Waals surface area contributed by atoms with E-state index in [1.807, 2.05) is 0 Å². The molecule has 1 rings (SSSR count). The summed E-state index contributed by atoms with van der Waals surface area (Å²) in [5.74, 6) is 0.115. The van der Waals surface area contributed by atoms with Crippen molar-refractivity contribution in [3.8, 4) is 0 Å². The second-order valence-electron chi connectivity index (χ2n) is 8.21. The molecule has 176 valence electrons. The van der Waals surface area contributed by atoms with Crippen molar-refractivity contribution >= 4 is 11.8 Å². The molecule has 1 heterocycles. The van der Waals surface area contributed by atoms with Crippen LogP contribution < -0.4 is 0 Å². The fourth-order valence-electron chi connectivity index (χ4n) is 3.18. The number of aliphatic hydroxyl groups excluding tert-OH is 2. The molecule has 30 heavy (non-hydrogen) atoms. The summed E-state index contributed by atoms with van der Waals surface area (Å²) in [4.78, 5) is 27.8. The fourth-order valence-corrected chi connectivity index (χ4v) is 3.18. The van der Waals surface area contributed by atoms with E-state index >= 15 is 0 Å². The SMILES string of the molecule is COCC(=O)N1CCCCOC[C@@H](O)[C@@H](O)[C@H](OCCC(C)C)CN(C(C)=O)CC1. The van der Waals surface area contributed by atoms with Crippen LogP contribution in [-0.4, -0.2) is 110 Å². The van der Waals surface area contributed by atoms with E-state index < -0.39 is 18.3 Å². The average Bonchev–Trinajstić information content (AvgIpc) is 2.68. The normalized spacial score (nSPS) is 25.2. The van der Waals surface area contributed by atoms with E-state index in [0.29, 0.717) is 45.2 Å². The summed E-state index contributed by atoms with van der Waals surface area (Å²) in [5.41, 5.74) is 0. The minimum absolute atomic E-state index is 0.0115. The number of nitrogens with zero attached hydrogens (tertiary/aromatic N) is 2. The molecule has 0 aromatic heterocycles. The Labute approximate surface area is 180 Å². The molecule has 2 N–H and O–H groups in total. The summed E-state index contributed by atoms with van der Waals surface area (Å²) in [6.45, 7) is 7.74. The van der Waals surface area contributed by atoms with Crippen LogP contribution in [0.3, 0.4) is 0 Å². The van der Waals surface area contributed by atoms with Crippen molar-refractivity contribution < 1.29 is 34.0 Å². The highest BCUT2D eigenvalue weighted by atomic mass is 16.5. The lowest BCUT2D eigenvalue weighted by molar-refractivity contribution is -0.143. The number of methoxy groups -OCH3 is 1. The van der Waals surface area contributed by atoms with Crippen LogP contribution >= 0.6 is 0 Å². The van der Waals surface area contributed by atoms with Crippen molar-refractivity contribution in [1.82, 2.24) is 9.80 Å². The van der Waals surface area contributed by atoms with Gasteiger partial charge in [-0.05, 0) is 25.2 Å². The van der Waals surface area contributed by atoms with Gasteiger partial charge in [-0.15, -0.1) is 0 Å². The molecule has 0 unspecified atom stereocenters. The third-order valence-electron chi connectivity index (χ3n) is 5.16. The molecular formula is C21H40N2O7. The summed E-state index contributed by atoms with van der Waals surface area (Å²) in [6, 6.07) is 0. The molecule has 1 aliphatic rings. The highest BCUT2D eigenvalue weighted by molar-refractivity contribution is 5.77. The highest BCUT2D eigenvalue weighted by Gasteiger charge is 2.30. The number of hydrogen-bond acceptors (Lipinski definition) is 7. The first-order valence-corrected chi connectivity index (χ1v) is 10.8. The monoisotopic (exact) mass is 432 g/mol. The zero-order valence-electron chi connectivity index (χ0n) is 18.9. The molecule has 0 aliphatic carbocycles.